The van der Waals surface area contributed by atoms with E-state index in [0.717, 1.165) is 55.0 Å². The molecule has 40 heavy (non-hydrogen) atoms. The second kappa shape index (κ2) is 7.74. The van der Waals surface area contributed by atoms with E-state index >= 15 is 0 Å². The molecule has 2 heteroatoms. The minimum absolute atomic E-state index is 0.640. The van der Waals surface area contributed by atoms with Gasteiger partial charge in [0, 0.05) is 32.7 Å². The summed E-state index contributed by atoms with van der Waals surface area (Å²) in [7, 11) is 0. The first kappa shape index (κ1) is 21.8. The predicted octanol–water partition coefficient (Wildman–Crippen LogP) is 10.2. The van der Waals surface area contributed by atoms with Crippen molar-refractivity contribution >= 4 is 43.9 Å². The van der Waals surface area contributed by atoms with Crippen LogP contribution >= 0.6 is 0 Å². The van der Waals surface area contributed by atoms with Crippen LogP contribution < -0.4 is 0 Å². The minimum atomic E-state index is -0.640. The van der Waals surface area contributed by atoms with Gasteiger partial charge in [0.2, 0.25) is 0 Å². The lowest BCUT2D eigenvalue weighted by molar-refractivity contribution is 0.634. The second-order valence-electron chi connectivity index (χ2n) is 10.9. The van der Waals surface area contributed by atoms with Crippen molar-refractivity contribution in [3.8, 4) is 11.1 Å². The van der Waals surface area contributed by atoms with Crippen LogP contribution in [0.2, 0.25) is 0 Å². The standard InChI is InChI=1S/C38H24O2/c1-23-11-8-18-30-35(23)28-14-2-5-17-29(28)38(30,31-19-9-15-26-24-12-3-6-21-33(24)39-36(26)31)32-20-10-16-27-25-13-4-7-22-34(25)40-37(27)32/h2-22H,1H3. The lowest BCUT2D eigenvalue weighted by Gasteiger charge is -2.33. The summed E-state index contributed by atoms with van der Waals surface area (Å²) in [5, 5.41) is 4.52. The maximum absolute atomic E-state index is 6.74. The lowest BCUT2D eigenvalue weighted by atomic mass is 9.67. The van der Waals surface area contributed by atoms with Gasteiger partial charge in [-0.3, -0.25) is 0 Å². The average Bonchev–Trinajstić information content (AvgIpc) is 3.66. The maximum Gasteiger partial charge on any atom is 0.140 e. The SMILES string of the molecule is Cc1cccc2c1-c1ccccc1C2(c1cccc2c1oc1ccccc12)c1cccc2c1oc1ccccc12. The fourth-order valence-corrected chi connectivity index (χ4v) is 7.32. The first-order valence-corrected chi connectivity index (χ1v) is 13.8. The highest BCUT2D eigenvalue weighted by Gasteiger charge is 2.49. The smallest absolute Gasteiger partial charge is 0.140 e. The van der Waals surface area contributed by atoms with Crippen LogP contribution in [0.25, 0.3) is 55.0 Å². The van der Waals surface area contributed by atoms with E-state index in [1.807, 2.05) is 12.1 Å². The molecule has 0 saturated carbocycles. The van der Waals surface area contributed by atoms with Crippen molar-refractivity contribution in [2.24, 2.45) is 0 Å². The van der Waals surface area contributed by atoms with E-state index in [2.05, 4.69) is 122 Å². The van der Waals surface area contributed by atoms with Gasteiger partial charge in [0.15, 0.2) is 0 Å². The van der Waals surface area contributed by atoms with Gasteiger partial charge in [-0.2, -0.15) is 0 Å². The van der Waals surface area contributed by atoms with E-state index in [0.29, 0.717) is 0 Å². The summed E-state index contributed by atoms with van der Waals surface area (Å²) in [6, 6.07) is 45.4. The molecule has 0 unspecified atom stereocenters. The monoisotopic (exact) mass is 512 g/mol. The molecule has 0 fully saturated rings. The van der Waals surface area contributed by atoms with Crippen LogP contribution in [0, 0.1) is 6.92 Å². The van der Waals surface area contributed by atoms with Gasteiger partial charge in [0.05, 0.1) is 5.41 Å². The van der Waals surface area contributed by atoms with E-state index < -0.39 is 5.41 Å². The number of furan rings is 2. The molecule has 1 aliphatic rings. The molecule has 2 nitrogen and oxygen atoms in total. The Morgan fingerprint density at radius 2 is 0.900 bits per heavy atom. The van der Waals surface area contributed by atoms with E-state index in [-0.39, 0.29) is 0 Å². The molecular weight excluding hydrogens is 488 g/mol. The van der Waals surface area contributed by atoms with Crippen LogP contribution in [0.5, 0.6) is 0 Å². The molecule has 1 aliphatic carbocycles. The van der Waals surface area contributed by atoms with Crippen molar-refractivity contribution in [1.82, 2.24) is 0 Å². The van der Waals surface area contributed by atoms with Gasteiger partial charge in [0.25, 0.3) is 0 Å². The van der Waals surface area contributed by atoms with Crippen LogP contribution in [0.15, 0.2) is 136 Å². The Morgan fingerprint density at radius 1 is 0.425 bits per heavy atom. The van der Waals surface area contributed by atoms with E-state index in [1.54, 1.807) is 0 Å². The van der Waals surface area contributed by atoms with Crippen LogP contribution in [0.3, 0.4) is 0 Å². The van der Waals surface area contributed by atoms with Gasteiger partial charge in [-0.05, 0) is 46.9 Å². The number of hydrogen-bond acceptors (Lipinski definition) is 2. The fourth-order valence-electron chi connectivity index (χ4n) is 7.32. The molecule has 0 radical (unpaired) electrons. The van der Waals surface area contributed by atoms with Crippen LogP contribution in [0.4, 0.5) is 0 Å². The number of para-hydroxylation sites is 4. The highest BCUT2D eigenvalue weighted by Crippen LogP contribution is 2.59. The van der Waals surface area contributed by atoms with Crippen molar-refractivity contribution < 1.29 is 8.83 Å². The number of hydrogen-bond donors (Lipinski definition) is 0. The molecule has 2 aromatic heterocycles. The average molecular weight is 513 g/mol. The van der Waals surface area contributed by atoms with Gasteiger partial charge < -0.3 is 8.83 Å². The fraction of sp³-hybridized carbons (Fsp3) is 0.0526. The van der Waals surface area contributed by atoms with Crippen LogP contribution in [0.1, 0.15) is 27.8 Å². The Kier molecular flexibility index (Phi) is 4.22. The summed E-state index contributed by atoms with van der Waals surface area (Å²) in [6.07, 6.45) is 0. The Balaban J connectivity index is 1.54. The predicted molar refractivity (Wildman–Crippen MR) is 163 cm³/mol. The topological polar surface area (TPSA) is 26.3 Å². The molecule has 9 rings (SSSR count). The lowest BCUT2D eigenvalue weighted by Crippen LogP contribution is -2.29. The van der Waals surface area contributed by atoms with Gasteiger partial charge >= 0.3 is 0 Å². The Bertz CT molecular complexity index is 2180. The zero-order chi connectivity index (χ0) is 26.4. The number of fused-ring (bicyclic) bond motifs is 9. The number of rotatable bonds is 2. The van der Waals surface area contributed by atoms with Crippen molar-refractivity contribution in [3.05, 3.63) is 155 Å². The first-order valence-electron chi connectivity index (χ1n) is 13.8. The first-order chi connectivity index (χ1) is 19.8. The molecule has 0 amide bonds. The van der Waals surface area contributed by atoms with Gasteiger partial charge in [-0.15, -0.1) is 0 Å². The molecule has 0 bridgehead atoms. The third kappa shape index (κ3) is 2.58. The quantitative estimate of drug-likeness (QED) is 0.230. The number of benzene rings is 6. The number of aryl methyl sites for hydroxylation is 1. The zero-order valence-corrected chi connectivity index (χ0v) is 21.9. The molecule has 6 aromatic carbocycles. The molecule has 0 atom stereocenters. The summed E-state index contributed by atoms with van der Waals surface area (Å²) in [4.78, 5) is 0. The Morgan fingerprint density at radius 3 is 1.55 bits per heavy atom. The second-order valence-corrected chi connectivity index (χ2v) is 10.9. The summed E-state index contributed by atoms with van der Waals surface area (Å²) in [5.74, 6) is 0. The normalized spacial score (nSPS) is 13.8. The Labute approximate surface area is 231 Å². The van der Waals surface area contributed by atoms with Crippen LogP contribution in [-0.2, 0) is 5.41 Å². The molecule has 2 heterocycles. The van der Waals surface area contributed by atoms with Gasteiger partial charge in [-0.25, -0.2) is 0 Å². The van der Waals surface area contributed by atoms with E-state index in [9.17, 15) is 0 Å². The molecule has 188 valence electrons. The van der Waals surface area contributed by atoms with Crippen molar-refractivity contribution in [3.63, 3.8) is 0 Å². The molecule has 0 saturated heterocycles. The molecule has 0 aliphatic heterocycles. The molecule has 8 aromatic rings. The van der Waals surface area contributed by atoms with Crippen molar-refractivity contribution in [1.29, 1.82) is 0 Å². The van der Waals surface area contributed by atoms with Gasteiger partial charge in [-0.1, -0.05) is 115 Å². The zero-order valence-electron chi connectivity index (χ0n) is 21.9. The highest BCUT2D eigenvalue weighted by molar-refractivity contribution is 6.10. The van der Waals surface area contributed by atoms with Gasteiger partial charge in [0.1, 0.15) is 22.3 Å². The molecule has 0 N–H and O–H groups in total. The summed E-state index contributed by atoms with van der Waals surface area (Å²) in [5.41, 5.74) is 11.6. The minimum Gasteiger partial charge on any atom is -0.456 e. The summed E-state index contributed by atoms with van der Waals surface area (Å²) in [6.45, 7) is 2.22. The molecule has 0 spiro atoms. The van der Waals surface area contributed by atoms with Crippen molar-refractivity contribution in [2.75, 3.05) is 0 Å². The Hall–Kier alpha value is -5.08. The third-order valence-electron chi connectivity index (χ3n) is 8.89. The molecular formula is C38H24O2. The largest absolute Gasteiger partial charge is 0.456 e. The summed E-state index contributed by atoms with van der Waals surface area (Å²) < 4.78 is 13.5. The van der Waals surface area contributed by atoms with Crippen LogP contribution in [-0.4, -0.2) is 0 Å². The maximum atomic E-state index is 6.74. The highest BCUT2D eigenvalue weighted by atomic mass is 16.3. The third-order valence-corrected chi connectivity index (χ3v) is 8.89. The van der Waals surface area contributed by atoms with E-state index in [4.69, 9.17) is 8.83 Å². The van der Waals surface area contributed by atoms with E-state index in [1.165, 1.54) is 27.8 Å². The van der Waals surface area contributed by atoms with Crippen molar-refractivity contribution in [2.45, 2.75) is 12.3 Å². The summed E-state index contributed by atoms with van der Waals surface area (Å²) >= 11 is 0.